The molecule has 1 N–H and O–H groups in total. The Balaban J connectivity index is 2.90. The Morgan fingerprint density at radius 3 is 2.44 bits per heavy atom. The monoisotopic (exact) mass is 252 g/mol. The van der Waals surface area contributed by atoms with Gasteiger partial charge in [-0.15, -0.1) is 0 Å². The second-order valence-electron chi connectivity index (χ2n) is 3.73. The van der Waals surface area contributed by atoms with E-state index in [9.17, 15) is 13.2 Å². The van der Waals surface area contributed by atoms with E-state index in [0.717, 1.165) is 12.1 Å². The number of hydrogen-bond acceptors (Lipinski definition) is 1. The topological polar surface area (TPSA) is 20.2 Å². The summed E-state index contributed by atoms with van der Waals surface area (Å²) in [5.41, 5.74) is -0.263. The number of halogens is 4. The summed E-state index contributed by atoms with van der Waals surface area (Å²) in [6.45, 7) is 1.59. The first-order valence-electron chi connectivity index (χ1n) is 4.84. The Hall–Kier alpha value is -0.740. The van der Waals surface area contributed by atoms with Gasteiger partial charge in [-0.25, -0.2) is 0 Å². The molecule has 0 aliphatic heterocycles. The Bertz CT molecular complexity index is 361. The summed E-state index contributed by atoms with van der Waals surface area (Å²) in [4.78, 5) is 0. The van der Waals surface area contributed by atoms with Crippen LogP contribution in [0.1, 0.15) is 24.5 Å². The molecule has 90 valence electrons. The van der Waals surface area contributed by atoms with Crippen LogP contribution in [0.2, 0.25) is 5.02 Å². The van der Waals surface area contributed by atoms with Crippen LogP contribution in [0.4, 0.5) is 13.2 Å². The highest BCUT2D eigenvalue weighted by molar-refractivity contribution is 6.30. The van der Waals surface area contributed by atoms with E-state index in [0.29, 0.717) is 18.4 Å². The maximum absolute atomic E-state index is 12.4. The van der Waals surface area contributed by atoms with E-state index in [1.807, 2.05) is 0 Å². The first-order chi connectivity index (χ1) is 7.29. The highest BCUT2D eigenvalue weighted by atomic mass is 35.5. The van der Waals surface area contributed by atoms with Crippen LogP contribution in [0.3, 0.4) is 0 Å². The highest BCUT2D eigenvalue weighted by Gasteiger charge is 2.30. The van der Waals surface area contributed by atoms with E-state index in [4.69, 9.17) is 16.7 Å². The Morgan fingerprint density at radius 2 is 1.94 bits per heavy atom. The van der Waals surface area contributed by atoms with Crippen molar-refractivity contribution in [2.45, 2.75) is 32.0 Å². The lowest BCUT2D eigenvalue weighted by Crippen LogP contribution is -2.07. The van der Waals surface area contributed by atoms with Gasteiger partial charge in [-0.2, -0.15) is 13.2 Å². The molecule has 5 heteroatoms. The molecule has 1 aromatic rings. The molecule has 1 nitrogen and oxygen atoms in total. The molecule has 0 bridgehead atoms. The molecule has 0 saturated heterocycles. The molecule has 0 saturated carbocycles. The summed E-state index contributed by atoms with van der Waals surface area (Å²) in [5.74, 6) is 0. The van der Waals surface area contributed by atoms with Crippen LogP contribution in [-0.2, 0) is 12.6 Å². The molecule has 0 fully saturated rings. The van der Waals surface area contributed by atoms with Gasteiger partial charge in [0.05, 0.1) is 11.7 Å². The molecular formula is C11H12ClF3O. The van der Waals surface area contributed by atoms with Crippen molar-refractivity contribution in [2.24, 2.45) is 0 Å². The second kappa shape index (κ2) is 5.06. The zero-order valence-electron chi connectivity index (χ0n) is 8.68. The second-order valence-corrected chi connectivity index (χ2v) is 4.17. The summed E-state index contributed by atoms with van der Waals surface area (Å²) >= 11 is 5.61. The van der Waals surface area contributed by atoms with Crippen LogP contribution in [-0.4, -0.2) is 11.2 Å². The smallest absolute Gasteiger partial charge is 0.393 e. The normalized spacial score (nSPS) is 13.9. The van der Waals surface area contributed by atoms with Gasteiger partial charge in [0.25, 0.3) is 0 Å². The lowest BCUT2D eigenvalue weighted by atomic mass is 10.0. The standard InChI is InChI=1S/C11H12ClF3O/c1-7(16)2-3-8-4-9(11(13,14)15)6-10(12)5-8/h4-7,16H,2-3H2,1H3. The fraction of sp³-hybridized carbons (Fsp3) is 0.455. The largest absolute Gasteiger partial charge is 0.416 e. The van der Waals surface area contributed by atoms with E-state index in [2.05, 4.69) is 0 Å². The van der Waals surface area contributed by atoms with E-state index < -0.39 is 17.8 Å². The molecule has 0 heterocycles. The van der Waals surface area contributed by atoms with Crippen molar-refractivity contribution in [1.29, 1.82) is 0 Å². The highest BCUT2D eigenvalue weighted by Crippen LogP contribution is 2.32. The van der Waals surface area contributed by atoms with Gasteiger partial charge in [-0.05, 0) is 43.5 Å². The molecule has 1 aromatic carbocycles. The van der Waals surface area contributed by atoms with Crippen molar-refractivity contribution in [3.8, 4) is 0 Å². The average Bonchev–Trinajstić information content (AvgIpc) is 2.12. The molecule has 1 unspecified atom stereocenters. The summed E-state index contributed by atoms with van der Waals surface area (Å²) in [7, 11) is 0. The van der Waals surface area contributed by atoms with E-state index in [1.54, 1.807) is 6.92 Å². The van der Waals surface area contributed by atoms with E-state index in [-0.39, 0.29) is 5.02 Å². The number of aliphatic hydroxyl groups excluding tert-OH is 1. The third-order valence-corrected chi connectivity index (χ3v) is 2.35. The number of benzene rings is 1. The summed E-state index contributed by atoms with van der Waals surface area (Å²) < 4.78 is 37.3. The number of hydrogen-bond donors (Lipinski definition) is 1. The molecule has 0 aromatic heterocycles. The SMILES string of the molecule is CC(O)CCc1cc(Cl)cc(C(F)(F)F)c1. The number of aryl methyl sites for hydroxylation is 1. The molecule has 0 aliphatic carbocycles. The van der Waals surface area contributed by atoms with Gasteiger partial charge in [-0.1, -0.05) is 11.6 Å². The van der Waals surface area contributed by atoms with Gasteiger partial charge in [0.2, 0.25) is 0 Å². The van der Waals surface area contributed by atoms with Crippen molar-refractivity contribution in [3.05, 3.63) is 34.3 Å². The summed E-state index contributed by atoms with van der Waals surface area (Å²) in [5, 5.41) is 9.12. The zero-order chi connectivity index (χ0) is 12.3. The predicted molar refractivity (Wildman–Crippen MR) is 56.5 cm³/mol. The molecule has 0 amide bonds. The minimum absolute atomic E-state index is 0.0652. The quantitative estimate of drug-likeness (QED) is 0.870. The van der Waals surface area contributed by atoms with Gasteiger partial charge < -0.3 is 5.11 Å². The van der Waals surface area contributed by atoms with Crippen molar-refractivity contribution in [3.63, 3.8) is 0 Å². The van der Waals surface area contributed by atoms with Crippen LogP contribution in [0, 0.1) is 0 Å². The Kier molecular flexibility index (Phi) is 4.21. The van der Waals surface area contributed by atoms with E-state index in [1.165, 1.54) is 6.07 Å². The molecule has 0 radical (unpaired) electrons. The molecule has 1 atom stereocenters. The van der Waals surface area contributed by atoms with E-state index >= 15 is 0 Å². The number of aliphatic hydroxyl groups is 1. The zero-order valence-corrected chi connectivity index (χ0v) is 9.44. The molecular weight excluding hydrogens is 241 g/mol. The fourth-order valence-electron chi connectivity index (χ4n) is 1.33. The van der Waals surface area contributed by atoms with Gasteiger partial charge in [0, 0.05) is 5.02 Å². The van der Waals surface area contributed by atoms with Crippen LogP contribution in [0.25, 0.3) is 0 Å². The van der Waals surface area contributed by atoms with Crippen LogP contribution in [0.15, 0.2) is 18.2 Å². The molecule has 0 aliphatic rings. The lowest BCUT2D eigenvalue weighted by Gasteiger charge is -2.10. The first-order valence-corrected chi connectivity index (χ1v) is 5.21. The molecule has 16 heavy (non-hydrogen) atoms. The van der Waals surface area contributed by atoms with Crippen molar-refractivity contribution >= 4 is 11.6 Å². The van der Waals surface area contributed by atoms with Crippen LogP contribution in [0.5, 0.6) is 0 Å². The molecule has 1 rings (SSSR count). The maximum Gasteiger partial charge on any atom is 0.416 e. The van der Waals surface area contributed by atoms with Gasteiger partial charge in [-0.3, -0.25) is 0 Å². The third kappa shape index (κ3) is 4.02. The number of alkyl halides is 3. The van der Waals surface area contributed by atoms with Crippen LogP contribution >= 0.6 is 11.6 Å². The minimum atomic E-state index is -4.38. The van der Waals surface area contributed by atoms with Crippen molar-refractivity contribution < 1.29 is 18.3 Å². The predicted octanol–water partition coefficient (Wildman–Crippen LogP) is 3.67. The lowest BCUT2D eigenvalue weighted by molar-refractivity contribution is -0.137. The van der Waals surface area contributed by atoms with Gasteiger partial charge >= 0.3 is 6.18 Å². The first kappa shape index (κ1) is 13.3. The van der Waals surface area contributed by atoms with Crippen molar-refractivity contribution in [2.75, 3.05) is 0 Å². The summed E-state index contributed by atoms with van der Waals surface area (Å²) in [6, 6.07) is 3.45. The van der Waals surface area contributed by atoms with Crippen LogP contribution < -0.4 is 0 Å². The number of rotatable bonds is 3. The fourth-order valence-corrected chi connectivity index (χ4v) is 1.59. The van der Waals surface area contributed by atoms with Crippen molar-refractivity contribution in [1.82, 2.24) is 0 Å². The third-order valence-electron chi connectivity index (χ3n) is 2.14. The Labute approximate surface area is 96.9 Å². The Morgan fingerprint density at radius 1 is 1.31 bits per heavy atom. The summed E-state index contributed by atoms with van der Waals surface area (Å²) in [6.07, 6.45) is -4.13. The maximum atomic E-state index is 12.4. The van der Waals surface area contributed by atoms with Gasteiger partial charge in [0.1, 0.15) is 0 Å². The van der Waals surface area contributed by atoms with Gasteiger partial charge in [0.15, 0.2) is 0 Å². The minimum Gasteiger partial charge on any atom is -0.393 e. The molecule has 0 spiro atoms. The average molecular weight is 253 g/mol.